The van der Waals surface area contributed by atoms with E-state index in [1.807, 2.05) is 25.1 Å². The van der Waals surface area contributed by atoms with E-state index in [1.54, 1.807) is 37.3 Å². The lowest BCUT2D eigenvalue weighted by atomic mass is 10.2. The Morgan fingerprint density at radius 1 is 1.07 bits per heavy atom. The number of nitrogens with one attached hydrogen (secondary N) is 2. The summed E-state index contributed by atoms with van der Waals surface area (Å²) in [6.07, 6.45) is -0.314. The first-order chi connectivity index (χ1) is 13.9. The molecule has 8 heteroatoms. The molecule has 2 aromatic carbocycles. The normalized spacial score (nSPS) is 11.4. The maximum atomic E-state index is 12.6. The second-order valence-electron chi connectivity index (χ2n) is 6.15. The number of anilines is 2. The number of amides is 2. The Balaban J connectivity index is 1.96. The van der Waals surface area contributed by atoms with Crippen LogP contribution in [0.15, 0.2) is 53.4 Å². The summed E-state index contributed by atoms with van der Waals surface area (Å²) in [7, 11) is 0. The minimum Gasteiger partial charge on any atom is -0.492 e. The third kappa shape index (κ3) is 7.50. The van der Waals surface area contributed by atoms with Crippen molar-refractivity contribution in [2.45, 2.75) is 36.8 Å². The van der Waals surface area contributed by atoms with E-state index < -0.39 is 5.97 Å². The van der Waals surface area contributed by atoms with Gasteiger partial charge in [0.05, 0.1) is 24.0 Å². The molecule has 29 heavy (non-hydrogen) atoms. The maximum Gasteiger partial charge on any atom is 0.303 e. The molecule has 0 saturated carbocycles. The molecule has 0 aliphatic rings. The van der Waals surface area contributed by atoms with Gasteiger partial charge in [-0.25, -0.2) is 0 Å². The number of carbonyl (C=O) groups is 3. The SMILES string of the molecule is CCOc1ccccc1NC(=O)C(C)Sc1cccc(NC(=O)CCC(=O)O)c1. The summed E-state index contributed by atoms with van der Waals surface area (Å²) in [4.78, 5) is 35.7. The maximum absolute atomic E-state index is 12.6. The quantitative estimate of drug-likeness (QED) is 0.506. The van der Waals surface area contributed by atoms with E-state index in [9.17, 15) is 14.4 Å². The van der Waals surface area contributed by atoms with Gasteiger partial charge in [-0.05, 0) is 44.2 Å². The number of hydrogen-bond acceptors (Lipinski definition) is 5. The number of carbonyl (C=O) groups excluding carboxylic acids is 2. The second kappa shape index (κ2) is 11.1. The van der Waals surface area contributed by atoms with Crippen LogP contribution in [-0.4, -0.2) is 34.7 Å². The van der Waals surface area contributed by atoms with Crippen molar-refractivity contribution in [3.63, 3.8) is 0 Å². The molecule has 3 N–H and O–H groups in total. The Labute approximate surface area is 173 Å². The zero-order chi connectivity index (χ0) is 21.2. The van der Waals surface area contributed by atoms with Crippen LogP contribution >= 0.6 is 11.8 Å². The first-order valence-corrected chi connectivity index (χ1v) is 10.1. The van der Waals surface area contributed by atoms with Crippen LogP contribution in [0.3, 0.4) is 0 Å². The highest BCUT2D eigenvalue weighted by molar-refractivity contribution is 8.00. The highest BCUT2D eigenvalue weighted by Crippen LogP contribution is 2.28. The summed E-state index contributed by atoms with van der Waals surface area (Å²) in [5.74, 6) is -0.937. The number of carboxylic acid groups (broad SMARTS) is 1. The predicted molar refractivity (Wildman–Crippen MR) is 114 cm³/mol. The standard InChI is InChI=1S/C21H24N2O5S/c1-3-28-18-10-5-4-9-17(18)23-21(27)14(2)29-16-8-6-7-15(13-16)22-19(24)11-12-20(25)26/h4-10,13-14H,3,11-12H2,1-2H3,(H,22,24)(H,23,27)(H,25,26). The zero-order valence-corrected chi connectivity index (χ0v) is 17.1. The third-order valence-electron chi connectivity index (χ3n) is 3.81. The molecule has 0 aromatic heterocycles. The molecule has 0 radical (unpaired) electrons. The van der Waals surface area contributed by atoms with Crippen molar-refractivity contribution in [2.75, 3.05) is 17.2 Å². The largest absolute Gasteiger partial charge is 0.492 e. The number of ether oxygens (including phenoxy) is 1. The van der Waals surface area contributed by atoms with E-state index in [1.165, 1.54) is 11.8 Å². The van der Waals surface area contributed by atoms with Crippen LogP contribution in [0.5, 0.6) is 5.75 Å². The lowest BCUT2D eigenvalue weighted by molar-refractivity contribution is -0.138. The van der Waals surface area contributed by atoms with Gasteiger partial charge in [0.25, 0.3) is 0 Å². The number of benzene rings is 2. The van der Waals surface area contributed by atoms with Crippen LogP contribution in [0.2, 0.25) is 0 Å². The summed E-state index contributed by atoms with van der Waals surface area (Å²) in [6.45, 7) is 4.17. The van der Waals surface area contributed by atoms with Crippen LogP contribution in [0.4, 0.5) is 11.4 Å². The highest BCUT2D eigenvalue weighted by atomic mass is 32.2. The van der Waals surface area contributed by atoms with Crippen molar-refractivity contribution in [1.29, 1.82) is 0 Å². The molecule has 154 valence electrons. The summed E-state index contributed by atoms with van der Waals surface area (Å²) in [6, 6.07) is 14.3. The molecule has 2 aromatic rings. The van der Waals surface area contributed by atoms with E-state index in [0.29, 0.717) is 23.7 Å². The second-order valence-corrected chi connectivity index (χ2v) is 7.56. The summed E-state index contributed by atoms with van der Waals surface area (Å²) in [5.41, 5.74) is 1.17. The Morgan fingerprint density at radius 3 is 2.55 bits per heavy atom. The fourth-order valence-corrected chi connectivity index (χ4v) is 3.36. The molecule has 0 heterocycles. The van der Waals surface area contributed by atoms with Crippen LogP contribution < -0.4 is 15.4 Å². The first kappa shape index (κ1) is 22.3. The van der Waals surface area contributed by atoms with Crippen molar-refractivity contribution in [3.8, 4) is 5.75 Å². The Hall–Kier alpha value is -3.00. The number of aliphatic carboxylic acids is 1. The van der Waals surface area contributed by atoms with Crippen LogP contribution in [0.25, 0.3) is 0 Å². The number of rotatable bonds is 10. The molecule has 0 bridgehead atoms. The molecule has 0 saturated heterocycles. The highest BCUT2D eigenvalue weighted by Gasteiger charge is 2.17. The van der Waals surface area contributed by atoms with E-state index in [-0.39, 0.29) is 29.9 Å². The van der Waals surface area contributed by atoms with E-state index in [0.717, 1.165) is 4.90 Å². The number of hydrogen-bond donors (Lipinski definition) is 3. The van der Waals surface area contributed by atoms with Gasteiger partial charge in [-0.15, -0.1) is 11.8 Å². The van der Waals surface area contributed by atoms with E-state index in [2.05, 4.69) is 10.6 Å². The predicted octanol–water partition coefficient (Wildman–Crippen LogP) is 4.01. The fraction of sp³-hybridized carbons (Fsp3) is 0.286. The molecule has 0 aliphatic heterocycles. The molecule has 0 aliphatic carbocycles. The Morgan fingerprint density at radius 2 is 1.83 bits per heavy atom. The Bertz CT molecular complexity index is 872. The third-order valence-corrected chi connectivity index (χ3v) is 4.90. The monoisotopic (exact) mass is 416 g/mol. The number of carboxylic acids is 1. The van der Waals surface area contributed by atoms with Gasteiger partial charge in [0.2, 0.25) is 11.8 Å². The summed E-state index contributed by atoms with van der Waals surface area (Å²) < 4.78 is 5.52. The number of para-hydroxylation sites is 2. The molecule has 2 amide bonds. The molecule has 2 rings (SSSR count). The van der Waals surface area contributed by atoms with Gasteiger partial charge in [0.1, 0.15) is 5.75 Å². The molecule has 7 nitrogen and oxygen atoms in total. The zero-order valence-electron chi connectivity index (χ0n) is 16.3. The van der Waals surface area contributed by atoms with Gasteiger partial charge in [0.15, 0.2) is 0 Å². The van der Waals surface area contributed by atoms with Gasteiger partial charge in [-0.2, -0.15) is 0 Å². The van der Waals surface area contributed by atoms with E-state index >= 15 is 0 Å². The van der Waals surface area contributed by atoms with Gasteiger partial charge in [0, 0.05) is 17.0 Å². The average molecular weight is 416 g/mol. The van der Waals surface area contributed by atoms with Crippen molar-refractivity contribution in [1.82, 2.24) is 0 Å². The molecule has 0 spiro atoms. The average Bonchev–Trinajstić information content (AvgIpc) is 2.68. The molecule has 1 unspecified atom stereocenters. The van der Waals surface area contributed by atoms with Crippen LogP contribution in [0.1, 0.15) is 26.7 Å². The smallest absolute Gasteiger partial charge is 0.303 e. The minimum absolute atomic E-state index is 0.0925. The van der Waals surface area contributed by atoms with Crippen molar-refractivity contribution < 1.29 is 24.2 Å². The number of thioether (sulfide) groups is 1. The van der Waals surface area contributed by atoms with Gasteiger partial charge < -0.3 is 20.5 Å². The fourth-order valence-electron chi connectivity index (χ4n) is 2.43. The molecular formula is C21H24N2O5S. The lowest BCUT2D eigenvalue weighted by Gasteiger charge is -2.15. The molecular weight excluding hydrogens is 392 g/mol. The lowest BCUT2D eigenvalue weighted by Crippen LogP contribution is -2.22. The van der Waals surface area contributed by atoms with Crippen molar-refractivity contribution >= 4 is 40.9 Å². The van der Waals surface area contributed by atoms with Gasteiger partial charge >= 0.3 is 5.97 Å². The minimum atomic E-state index is -1.02. The van der Waals surface area contributed by atoms with Crippen LogP contribution in [-0.2, 0) is 14.4 Å². The summed E-state index contributed by atoms with van der Waals surface area (Å²) in [5, 5.41) is 13.8. The molecule has 0 fully saturated rings. The van der Waals surface area contributed by atoms with Crippen molar-refractivity contribution in [3.05, 3.63) is 48.5 Å². The summed E-state index contributed by atoms with van der Waals surface area (Å²) >= 11 is 1.35. The van der Waals surface area contributed by atoms with E-state index in [4.69, 9.17) is 9.84 Å². The van der Waals surface area contributed by atoms with Gasteiger partial charge in [-0.3, -0.25) is 14.4 Å². The Kier molecular flexibility index (Phi) is 8.54. The first-order valence-electron chi connectivity index (χ1n) is 9.20. The van der Waals surface area contributed by atoms with Gasteiger partial charge in [-0.1, -0.05) is 18.2 Å². The van der Waals surface area contributed by atoms with Crippen molar-refractivity contribution in [2.24, 2.45) is 0 Å². The molecule has 1 atom stereocenters. The van der Waals surface area contributed by atoms with Crippen LogP contribution in [0, 0.1) is 0 Å². The topological polar surface area (TPSA) is 105 Å².